The number of rotatable bonds is 4. The molecule has 1 fully saturated rings. The van der Waals surface area contributed by atoms with Crippen molar-refractivity contribution in [3.63, 3.8) is 0 Å². The smallest absolute Gasteiger partial charge is 0.227 e. The van der Waals surface area contributed by atoms with E-state index in [0.717, 1.165) is 28.5 Å². The second-order valence-electron chi connectivity index (χ2n) is 4.27. The lowest BCUT2D eigenvalue weighted by Crippen LogP contribution is -2.15. The summed E-state index contributed by atoms with van der Waals surface area (Å²) in [6.45, 7) is 2.94. The van der Waals surface area contributed by atoms with Gasteiger partial charge in [0, 0.05) is 26.6 Å². The van der Waals surface area contributed by atoms with E-state index >= 15 is 0 Å². The van der Waals surface area contributed by atoms with Crippen molar-refractivity contribution in [2.45, 2.75) is 25.7 Å². The second-order valence-corrected chi connectivity index (χ2v) is 5.06. The fourth-order valence-electron chi connectivity index (χ4n) is 1.56. The van der Waals surface area contributed by atoms with Gasteiger partial charge < -0.3 is 10.2 Å². The van der Waals surface area contributed by atoms with E-state index < -0.39 is 0 Å². The summed E-state index contributed by atoms with van der Waals surface area (Å²) in [5, 5.41) is 3.27. The SMILES string of the molecule is CCNc1nc(N(C)C)nc(C2CC2)c1Br. The quantitative estimate of drug-likeness (QED) is 0.923. The molecular weight excluding hydrogens is 268 g/mol. The van der Waals surface area contributed by atoms with Crippen LogP contribution >= 0.6 is 15.9 Å². The Hall–Kier alpha value is -0.840. The summed E-state index contributed by atoms with van der Waals surface area (Å²) < 4.78 is 1.03. The molecule has 0 unspecified atom stereocenters. The van der Waals surface area contributed by atoms with Gasteiger partial charge in [0.2, 0.25) is 5.95 Å². The van der Waals surface area contributed by atoms with E-state index in [1.165, 1.54) is 12.8 Å². The third-order valence-electron chi connectivity index (χ3n) is 2.57. The lowest BCUT2D eigenvalue weighted by atomic mass is 10.3. The highest BCUT2D eigenvalue weighted by Crippen LogP contribution is 2.44. The third-order valence-corrected chi connectivity index (χ3v) is 3.36. The molecule has 0 bridgehead atoms. The molecule has 0 atom stereocenters. The van der Waals surface area contributed by atoms with Crippen LogP contribution in [-0.2, 0) is 0 Å². The van der Waals surface area contributed by atoms with Gasteiger partial charge in [0.25, 0.3) is 0 Å². The van der Waals surface area contributed by atoms with Crippen LogP contribution < -0.4 is 10.2 Å². The molecule has 1 heterocycles. The molecule has 1 aromatic heterocycles. The summed E-state index contributed by atoms with van der Waals surface area (Å²) in [6, 6.07) is 0. The Balaban J connectivity index is 2.42. The molecule has 0 spiro atoms. The predicted molar refractivity (Wildman–Crippen MR) is 70.2 cm³/mol. The fraction of sp³-hybridized carbons (Fsp3) is 0.636. The maximum atomic E-state index is 4.60. The van der Waals surface area contributed by atoms with Crippen LogP contribution in [0.15, 0.2) is 4.47 Å². The normalized spacial score (nSPS) is 15.0. The van der Waals surface area contributed by atoms with Gasteiger partial charge in [-0.1, -0.05) is 0 Å². The van der Waals surface area contributed by atoms with Gasteiger partial charge in [0.05, 0.1) is 10.2 Å². The van der Waals surface area contributed by atoms with Crippen LogP contribution in [0.25, 0.3) is 0 Å². The Morgan fingerprint density at radius 2 is 2.06 bits per heavy atom. The lowest BCUT2D eigenvalue weighted by molar-refractivity contribution is 0.921. The van der Waals surface area contributed by atoms with Crippen molar-refractivity contribution in [2.24, 2.45) is 0 Å². The molecule has 1 N–H and O–H groups in total. The minimum Gasteiger partial charge on any atom is -0.369 e. The molecule has 5 heteroatoms. The Bertz CT molecular complexity index is 388. The molecule has 1 aliphatic carbocycles. The van der Waals surface area contributed by atoms with E-state index in [0.29, 0.717) is 5.92 Å². The number of aromatic nitrogens is 2. The minimum atomic E-state index is 0.619. The molecule has 88 valence electrons. The first-order valence-electron chi connectivity index (χ1n) is 5.62. The summed E-state index contributed by atoms with van der Waals surface area (Å²) in [5.41, 5.74) is 1.15. The van der Waals surface area contributed by atoms with Crippen molar-refractivity contribution in [2.75, 3.05) is 30.9 Å². The largest absolute Gasteiger partial charge is 0.369 e. The van der Waals surface area contributed by atoms with Crippen LogP contribution in [0.1, 0.15) is 31.4 Å². The molecule has 0 radical (unpaired) electrons. The molecule has 1 aromatic rings. The molecule has 0 saturated heterocycles. The highest BCUT2D eigenvalue weighted by atomic mass is 79.9. The van der Waals surface area contributed by atoms with Gasteiger partial charge in [-0.15, -0.1) is 0 Å². The van der Waals surface area contributed by atoms with E-state index in [4.69, 9.17) is 0 Å². The first-order chi connectivity index (χ1) is 7.63. The Morgan fingerprint density at radius 1 is 1.38 bits per heavy atom. The van der Waals surface area contributed by atoms with Crippen molar-refractivity contribution in [1.82, 2.24) is 9.97 Å². The van der Waals surface area contributed by atoms with Crippen LogP contribution in [0.2, 0.25) is 0 Å². The second kappa shape index (κ2) is 4.57. The topological polar surface area (TPSA) is 41.1 Å². The number of nitrogens with zero attached hydrogens (tertiary/aromatic N) is 3. The van der Waals surface area contributed by atoms with Crippen LogP contribution in [-0.4, -0.2) is 30.6 Å². The maximum absolute atomic E-state index is 4.60. The zero-order valence-corrected chi connectivity index (χ0v) is 11.5. The Morgan fingerprint density at radius 3 is 2.56 bits per heavy atom. The average Bonchev–Trinajstić information content (AvgIpc) is 3.04. The monoisotopic (exact) mass is 284 g/mol. The third kappa shape index (κ3) is 2.29. The van der Waals surface area contributed by atoms with Crippen LogP contribution in [0, 0.1) is 0 Å². The number of anilines is 2. The zero-order chi connectivity index (χ0) is 11.7. The van der Waals surface area contributed by atoms with Crippen molar-refractivity contribution >= 4 is 27.7 Å². The molecule has 1 saturated carbocycles. The van der Waals surface area contributed by atoms with Crippen molar-refractivity contribution in [1.29, 1.82) is 0 Å². The molecule has 0 aromatic carbocycles. The van der Waals surface area contributed by atoms with Crippen molar-refractivity contribution in [3.05, 3.63) is 10.2 Å². The standard InChI is InChI=1S/C11H17BrN4/c1-4-13-10-8(12)9(7-5-6-7)14-11(15-10)16(2)3/h7H,4-6H2,1-3H3,(H,13,14,15). The lowest BCUT2D eigenvalue weighted by Gasteiger charge is -2.15. The summed E-state index contributed by atoms with van der Waals surface area (Å²) >= 11 is 3.60. The van der Waals surface area contributed by atoms with Gasteiger partial charge in [-0.05, 0) is 35.7 Å². The summed E-state index contributed by atoms with van der Waals surface area (Å²) in [5.74, 6) is 2.30. The Labute approximate surface area is 105 Å². The van der Waals surface area contributed by atoms with Gasteiger partial charge >= 0.3 is 0 Å². The van der Waals surface area contributed by atoms with Gasteiger partial charge in [-0.25, -0.2) is 4.98 Å². The number of halogens is 1. The molecule has 2 rings (SSSR count). The highest BCUT2D eigenvalue weighted by molar-refractivity contribution is 9.10. The average molecular weight is 285 g/mol. The summed E-state index contributed by atoms with van der Waals surface area (Å²) in [6.07, 6.45) is 2.49. The van der Waals surface area contributed by atoms with E-state index in [1.54, 1.807) is 0 Å². The van der Waals surface area contributed by atoms with E-state index in [2.05, 4.69) is 38.1 Å². The van der Waals surface area contributed by atoms with Crippen LogP contribution in [0.4, 0.5) is 11.8 Å². The van der Waals surface area contributed by atoms with E-state index in [1.807, 2.05) is 19.0 Å². The molecule has 1 aliphatic rings. The summed E-state index contributed by atoms with van der Waals surface area (Å²) in [4.78, 5) is 11.0. The molecule has 16 heavy (non-hydrogen) atoms. The van der Waals surface area contributed by atoms with Crippen LogP contribution in [0.5, 0.6) is 0 Å². The van der Waals surface area contributed by atoms with Gasteiger partial charge in [-0.3, -0.25) is 0 Å². The van der Waals surface area contributed by atoms with Crippen molar-refractivity contribution < 1.29 is 0 Å². The fourth-order valence-corrected chi connectivity index (χ4v) is 2.21. The number of nitrogens with one attached hydrogen (secondary N) is 1. The first-order valence-corrected chi connectivity index (χ1v) is 6.41. The predicted octanol–water partition coefficient (Wildman–Crippen LogP) is 2.61. The molecule has 0 amide bonds. The first kappa shape index (κ1) is 11.6. The Kier molecular flexibility index (Phi) is 3.33. The van der Waals surface area contributed by atoms with E-state index in [9.17, 15) is 0 Å². The number of hydrogen-bond acceptors (Lipinski definition) is 4. The van der Waals surface area contributed by atoms with E-state index in [-0.39, 0.29) is 0 Å². The van der Waals surface area contributed by atoms with Crippen molar-refractivity contribution in [3.8, 4) is 0 Å². The highest BCUT2D eigenvalue weighted by Gasteiger charge is 2.29. The van der Waals surface area contributed by atoms with Gasteiger partial charge in [0.1, 0.15) is 5.82 Å². The molecular formula is C11H17BrN4. The molecule has 0 aliphatic heterocycles. The van der Waals surface area contributed by atoms with Gasteiger partial charge in [0.15, 0.2) is 0 Å². The van der Waals surface area contributed by atoms with Crippen LogP contribution in [0.3, 0.4) is 0 Å². The zero-order valence-electron chi connectivity index (χ0n) is 9.92. The summed E-state index contributed by atoms with van der Waals surface area (Å²) in [7, 11) is 3.94. The molecule has 4 nitrogen and oxygen atoms in total. The number of hydrogen-bond donors (Lipinski definition) is 1. The maximum Gasteiger partial charge on any atom is 0.227 e. The minimum absolute atomic E-state index is 0.619. The van der Waals surface area contributed by atoms with Gasteiger partial charge in [-0.2, -0.15) is 4.98 Å².